The van der Waals surface area contributed by atoms with E-state index in [1.165, 1.54) is 44.6 Å². The highest BCUT2D eigenvalue weighted by atomic mass is 35.5. The molecule has 0 saturated heterocycles. The highest BCUT2D eigenvalue weighted by Gasteiger charge is 2.12. The van der Waals surface area contributed by atoms with Crippen molar-refractivity contribution in [3.8, 4) is 0 Å². The molecule has 0 aliphatic carbocycles. The van der Waals surface area contributed by atoms with Crippen LogP contribution >= 0.6 is 11.6 Å². The monoisotopic (exact) mass is 246 g/mol. The number of hydrogen-bond acceptors (Lipinski definition) is 0. The molecule has 0 radical (unpaired) electrons. The molecule has 14 heavy (non-hydrogen) atoms. The third-order valence-corrected chi connectivity index (χ3v) is 4.98. The van der Waals surface area contributed by atoms with Gasteiger partial charge in [-0.1, -0.05) is 51.5 Å². The van der Waals surface area contributed by atoms with Gasteiger partial charge in [0, 0.05) is 14.0 Å². The molecule has 0 spiro atoms. The second-order valence-corrected chi connectivity index (χ2v) is 9.04. The summed E-state index contributed by atoms with van der Waals surface area (Å²) >= 11 is 6.16. The molecule has 0 atom stereocenters. The standard InChI is InChI=1S/C11H25ClSi.Mg.2H/c1-4-5-6-7-8-9-10-13-11(2,3)12;;;/h4-10,13H2,1-3H3;;;. The Kier molecular flexibility index (Phi) is 13.6. The first-order chi connectivity index (χ1) is 6.06. The molecule has 0 rings (SSSR count). The van der Waals surface area contributed by atoms with E-state index < -0.39 is 0 Å². The Hall–Kier alpha value is 1.27. The molecule has 0 aromatic rings. The van der Waals surface area contributed by atoms with Crippen LogP contribution in [0.25, 0.3) is 0 Å². The van der Waals surface area contributed by atoms with E-state index in [0.717, 1.165) is 0 Å². The Labute approximate surface area is 114 Å². The van der Waals surface area contributed by atoms with Gasteiger partial charge >= 0.3 is 23.1 Å². The Morgan fingerprint density at radius 1 is 1.00 bits per heavy atom. The third-order valence-electron chi connectivity index (χ3n) is 2.37. The summed E-state index contributed by atoms with van der Waals surface area (Å²) in [7, 11) is -0.0244. The van der Waals surface area contributed by atoms with Crippen LogP contribution in [-0.2, 0) is 0 Å². The topological polar surface area (TPSA) is 0 Å². The van der Waals surface area contributed by atoms with Gasteiger partial charge in [0.15, 0.2) is 0 Å². The summed E-state index contributed by atoms with van der Waals surface area (Å²) in [6, 6.07) is 1.43. The molecular formula is C11H27ClMgSi. The van der Waals surface area contributed by atoms with Crippen molar-refractivity contribution in [1.29, 1.82) is 0 Å². The van der Waals surface area contributed by atoms with Gasteiger partial charge < -0.3 is 0 Å². The van der Waals surface area contributed by atoms with Gasteiger partial charge in [0.1, 0.15) is 0 Å². The molecule has 0 amide bonds. The van der Waals surface area contributed by atoms with E-state index in [-0.39, 0.29) is 37.1 Å². The molecule has 0 N–H and O–H groups in total. The zero-order valence-corrected chi connectivity index (χ0v) is 11.7. The van der Waals surface area contributed by atoms with E-state index in [0.29, 0.717) is 0 Å². The third kappa shape index (κ3) is 15.7. The molecule has 0 unspecified atom stereocenters. The Morgan fingerprint density at radius 2 is 1.50 bits per heavy atom. The molecule has 0 fully saturated rings. The fourth-order valence-electron chi connectivity index (χ4n) is 1.50. The van der Waals surface area contributed by atoms with Gasteiger partial charge in [-0.3, -0.25) is 0 Å². The quantitative estimate of drug-likeness (QED) is 0.351. The zero-order chi connectivity index (χ0) is 10.2. The molecule has 0 aliphatic rings. The maximum Gasteiger partial charge on any atom is 0.316 e. The van der Waals surface area contributed by atoms with Gasteiger partial charge in [-0.15, -0.1) is 11.6 Å². The lowest BCUT2D eigenvalue weighted by Gasteiger charge is -2.13. The maximum atomic E-state index is 6.16. The van der Waals surface area contributed by atoms with E-state index in [1.807, 2.05) is 0 Å². The molecule has 0 nitrogen and oxygen atoms in total. The minimum absolute atomic E-state index is 0. The summed E-state index contributed by atoms with van der Waals surface area (Å²) in [5.74, 6) is 0. The molecule has 3 heteroatoms. The van der Waals surface area contributed by atoms with Crippen LogP contribution in [0.4, 0.5) is 0 Å². The summed E-state index contributed by atoms with van der Waals surface area (Å²) in [6.07, 6.45) is 8.49. The predicted octanol–water partition coefficient (Wildman–Crippen LogP) is 2.99. The fourth-order valence-corrected chi connectivity index (χ4v) is 3.35. The lowest BCUT2D eigenvalue weighted by atomic mass is 10.1. The van der Waals surface area contributed by atoms with Crippen LogP contribution in [0, 0.1) is 0 Å². The van der Waals surface area contributed by atoms with E-state index >= 15 is 0 Å². The van der Waals surface area contributed by atoms with Gasteiger partial charge in [-0.25, -0.2) is 0 Å². The van der Waals surface area contributed by atoms with Crippen molar-refractivity contribution in [2.24, 2.45) is 0 Å². The number of hydrogen-bond donors (Lipinski definition) is 0. The zero-order valence-electron chi connectivity index (χ0n) is 9.53. The molecule has 0 heterocycles. The van der Waals surface area contributed by atoms with Gasteiger partial charge in [-0.2, -0.15) is 0 Å². The molecule has 0 saturated carbocycles. The van der Waals surface area contributed by atoms with Crippen molar-refractivity contribution in [3.05, 3.63) is 0 Å². The van der Waals surface area contributed by atoms with Crippen LogP contribution in [0.2, 0.25) is 6.04 Å². The van der Waals surface area contributed by atoms with Crippen molar-refractivity contribution in [2.75, 3.05) is 0 Å². The Bertz CT molecular complexity index is 112. The normalized spacial score (nSPS) is 12.0. The van der Waals surface area contributed by atoms with E-state index in [1.54, 1.807) is 0 Å². The molecule has 84 valence electrons. The molecule has 0 aromatic carbocycles. The lowest BCUT2D eigenvalue weighted by Crippen LogP contribution is -2.19. The smallest absolute Gasteiger partial charge is 0.124 e. The minimum Gasteiger partial charge on any atom is -0.124 e. The first-order valence-corrected chi connectivity index (χ1v) is 7.83. The Morgan fingerprint density at radius 3 is 2.00 bits per heavy atom. The van der Waals surface area contributed by atoms with Gasteiger partial charge in [0.2, 0.25) is 0 Å². The molecular weight excluding hydrogens is 220 g/mol. The summed E-state index contributed by atoms with van der Waals surface area (Å²) < 4.78 is 0.156. The predicted molar refractivity (Wildman–Crippen MR) is 75.2 cm³/mol. The highest BCUT2D eigenvalue weighted by Crippen LogP contribution is 2.14. The lowest BCUT2D eigenvalue weighted by molar-refractivity contribution is 0.623. The summed E-state index contributed by atoms with van der Waals surface area (Å²) in [5.41, 5.74) is 0. The minimum atomic E-state index is -0.0244. The average molecular weight is 247 g/mol. The average Bonchev–Trinajstić information content (AvgIpc) is 2.01. The van der Waals surface area contributed by atoms with Crippen molar-refractivity contribution in [3.63, 3.8) is 0 Å². The summed E-state index contributed by atoms with van der Waals surface area (Å²) in [6.45, 7) is 6.60. The van der Waals surface area contributed by atoms with Crippen LogP contribution < -0.4 is 0 Å². The van der Waals surface area contributed by atoms with Crippen LogP contribution in [0.15, 0.2) is 0 Å². The van der Waals surface area contributed by atoms with Crippen LogP contribution in [0.3, 0.4) is 0 Å². The van der Waals surface area contributed by atoms with E-state index in [4.69, 9.17) is 11.6 Å². The fraction of sp³-hybridized carbons (Fsp3) is 1.00. The van der Waals surface area contributed by atoms with E-state index in [9.17, 15) is 0 Å². The largest absolute Gasteiger partial charge is 0.316 e. The second kappa shape index (κ2) is 10.8. The highest BCUT2D eigenvalue weighted by molar-refractivity contribution is 6.56. The molecule has 0 bridgehead atoms. The van der Waals surface area contributed by atoms with Crippen LogP contribution in [0.5, 0.6) is 0 Å². The molecule has 0 aromatic heterocycles. The molecule has 0 aliphatic heterocycles. The number of rotatable bonds is 8. The van der Waals surface area contributed by atoms with Gasteiger partial charge in [0.05, 0.1) is 0 Å². The first kappa shape index (κ1) is 17.7. The number of halogens is 1. The maximum absolute atomic E-state index is 6.16. The van der Waals surface area contributed by atoms with Crippen molar-refractivity contribution >= 4 is 44.2 Å². The summed E-state index contributed by atoms with van der Waals surface area (Å²) in [5, 5.41) is 0. The van der Waals surface area contributed by atoms with Crippen molar-refractivity contribution < 1.29 is 0 Å². The van der Waals surface area contributed by atoms with Crippen molar-refractivity contribution in [2.45, 2.75) is 69.8 Å². The van der Waals surface area contributed by atoms with Gasteiger partial charge in [-0.05, 0) is 13.8 Å². The van der Waals surface area contributed by atoms with E-state index in [2.05, 4.69) is 20.8 Å². The Balaban J connectivity index is 0. The van der Waals surface area contributed by atoms with Crippen LogP contribution in [0.1, 0.15) is 59.3 Å². The van der Waals surface area contributed by atoms with Crippen molar-refractivity contribution in [1.82, 2.24) is 0 Å². The second-order valence-electron chi connectivity index (χ2n) is 4.59. The van der Waals surface area contributed by atoms with Gasteiger partial charge in [0.25, 0.3) is 0 Å². The first-order valence-electron chi connectivity index (χ1n) is 5.75. The van der Waals surface area contributed by atoms with Crippen LogP contribution in [-0.4, -0.2) is 37.1 Å². The number of alkyl halides is 1. The number of unbranched alkanes of at least 4 members (excludes halogenated alkanes) is 5. The SMILES string of the molecule is CCCCCCCC[SiH2]C(C)(C)Cl.[MgH2]. The summed E-state index contributed by atoms with van der Waals surface area (Å²) in [4.78, 5) is 0.